The fourth-order valence-corrected chi connectivity index (χ4v) is 2.88. The van der Waals surface area contributed by atoms with Crippen molar-refractivity contribution in [3.63, 3.8) is 0 Å². The fourth-order valence-electron chi connectivity index (χ4n) is 2.50. The molecule has 1 atom stereocenters. The van der Waals surface area contributed by atoms with Gasteiger partial charge in [0.1, 0.15) is 18.4 Å². The van der Waals surface area contributed by atoms with Crippen LogP contribution in [0.25, 0.3) is 0 Å². The number of nitrogens with one attached hydrogen (secondary N) is 1. The van der Waals surface area contributed by atoms with E-state index in [0.717, 1.165) is 23.1 Å². The molecule has 21 heavy (non-hydrogen) atoms. The van der Waals surface area contributed by atoms with Crippen LogP contribution in [-0.4, -0.2) is 42.5 Å². The van der Waals surface area contributed by atoms with E-state index in [1.165, 1.54) is 0 Å². The van der Waals surface area contributed by atoms with Crippen LogP contribution in [0, 0.1) is 5.92 Å². The molecule has 1 aromatic carbocycles. The van der Waals surface area contributed by atoms with Crippen molar-refractivity contribution in [2.24, 2.45) is 5.92 Å². The first-order valence-electron chi connectivity index (χ1n) is 7.10. The minimum Gasteiger partial charge on any atom is -0.492 e. The average molecular weight is 353 g/mol. The van der Waals surface area contributed by atoms with Crippen LogP contribution in [0.3, 0.4) is 0 Å². The lowest BCUT2D eigenvalue weighted by atomic mass is 10.1. The molecule has 1 heterocycles. The Hall–Kier alpha value is -1.56. The maximum atomic E-state index is 12.3. The van der Waals surface area contributed by atoms with Gasteiger partial charge in [-0.25, -0.2) is 0 Å². The Labute approximate surface area is 131 Å². The highest BCUT2D eigenvalue weighted by molar-refractivity contribution is 9.10. The van der Waals surface area contributed by atoms with Gasteiger partial charge < -0.3 is 15.0 Å². The van der Waals surface area contributed by atoms with Gasteiger partial charge in [-0.3, -0.25) is 9.59 Å². The number of hydrogen-bond donors (Lipinski definition) is 1. The van der Waals surface area contributed by atoms with E-state index in [4.69, 9.17) is 4.74 Å². The van der Waals surface area contributed by atoms with Crippen LogP contribution in [0.2, 0.25) is 0 Å². The summed E-state index contributed by atoms with van der Waals surface area (Å²) in [6.45, 7) is 0.943. The van der Waals surface area contributed by atoms with Gasteiger partial charge in [-0.1, -0.05) is 22.0 Å². The molecule has 1 saturated carbocycles. The second-order valence-corrected chi connectivity index (χ2v) is 6.36. The topological polar surface area (TPSA) is 58.6 Å². The van der Waals surface area contributed by atoms with Crippen molar-refractivity contribution in [2.75, 3.05) is 19.7 Å². The van der Waals surface area contributed by atoms with E-state index in [1.807, 2.05) is 24.3 Å². The van der Waals surface area contributed by atoms with Gasteiger partial charge in [0.25, 0.3) is 0 Å². The van der Waals surface area contributed by atoms with Crippen molar-refractivity contribution in [3.8, 4) is 5.75 Å². The number of hydrogen-bond acceptors (Lipinski definition) is 3. The van der Waals surface area contributed by atoms with E-state index in [9.17, 15) is 9.59 Å². The molecule has 1 saturated heterocycles. The lowest BCUT2D eigenvalue weighted by Gasteiger charge is -2.32. The quantitative estimate of drug-likeness (QED) is 0.874. The molecule has 0 bridgehead atoms. The second-order valence-electron chi connectivity index (χ2n) is 5.45. The Morgan fingerprint density at radius 3 is 2.86 bits per heavy atom. The summed E-state index contributed by atoms with van der Waals surface area (Å²) in [5, 5.41) is 2.80. The first kappa shape index (κ1) is 14.4. The zero-order valence-electron chi connectivity index (χ0n) is 11.5. The standard InChI is InChI=1S/C15H17BrN2O3/c16-11-2-1-3-12(8-11)21-7-6-18-9-13(19)17-14(15(18)20)10-4-5-10/h1-3,8,10,14H,4-7,9H2,(H,17,19). The molecule has 2 aliphatic rings. The molecule has 112 valence electrons. The van der Waals surface area contributed by atoms with Crippen molar-refractivity contribution in [2.45, 2.75) is 18.9 Å². The summed E-state index contributed by atoms with van der Waals surface area (Å²) in [5.41, 5.74) is 0. The smallest absolute Gasteiger partial charge is 0.246 e. The van der Waals surface area contributed by atoms with Gasteiger partial charge in [0, 0.05) is 4.47 Å². The summed E-state index contributed by atoms with van der Waals surface area (Å²) in [4.78, 5) is 25.6. The number of carbonyl (C=O) groups is 2. The predicted octanol–water partition coefficient (Wildman–Crippen LogP) is 1.56. The Bertz CT molecular complexity index is 560. The third-order valence-corrected chi connectivity index (χ3v) is 4.24. The number of carbonyl (C=O) groups excluding carboxylic acids is 2. The molecule has 1 N–H and O–H groups in total. The lowest BCUT2D eigenvalue weighted by molar-refractivity contribution is -0.145. The normalized spacial score (nSPS) is 22.1. The molecule has 1 aromatic rings. The molecule has 3 rings (SSSR count). The summed E-state index contributed by atoms with van der Waals surface area (Å²) >= 11 is 3.38. The van der Waals surface area contributed by atoms with Gasteiger partial charge in [0.05, 0.1) is 13.1 Å². The molecule has 2 fully saturated rings. The van der Waals surface area contributed by atoms with Crippen molar-refractivity contribution in [1.29, 1.82) is 0 Å². The SMILES string of the molecule is O=C1CN(CCOc2cccc(Br)c2)C(=O)C(C2CC2)N1. The third-order valence-electron chi connectivity index (χ3n) is 3.75. The van der Waals surface area contributed by atoms with Gasteiger partial charge in [0.2, 0.25) is 11.8 Å². The zero-order chi connectivity index (χ0) is 14.8. The predicted molar refractivity (Wildman–Crippen MR) is 80.9 cm³/mol. The monoisotopic (exact) mass is 352 g/mol. The maximum absolute atomic E-state index is 12.3. The van der Waals surface area contributed by atoms with E-state index in [1.54, 1.807) is 4.90 Å². The molecule has 0 radical (unpaired) electrons. The number of piperazine rings is 1. The van der Waals surface area contributed by atoms with Crippen LogP contribution >= 0.6 is 15.9 Å². The summed E-state index contributed by atoms with van der Waals surface area (Å²) in [6, 6.07) is 7.23. The first-order chi connectivity index (χ1) is 10.1. The third kappa shape index (κ3) is 3.56. The van der Waals surface area contributed by atoms with Gasteiger partial charge in [-0.2, -0.15) is 0 Å². The summed E-state index contributed by atoms with van der Waals surface area (Å²) in [6.07, 6.45) is 2.05. The number of halogens is 1. The highest BCUT2D eigenvalue weighted by Gasteiger charge is 2.42. The van der Waals surface area contributed by atoms with E-state index < -0.39 is 0 Å². The van der Waals surface area contributed by atoms with Crippen molar-refractivity contribution in [3.05, 3.63) is 28.7 Å². The van der Waals surface area contributed by atoms with Crippen molar-refractivity contribution >= 4 is 27.7 Å². The van der Waals surface area contributed by atoms with Crippen molar-refractivity contribution in [1.82, 2.24) is 10.2 Å². The molecule has 1 aliphatic carbocycles. The molecule has 5 nitrogen and oxygen atoms in total. The minimum atomic E-state index is -0.322. The van der Waals surface area contributed by atoms with Gasteiger partial charge in [-0.15, -0.1) is 0 Å². The van der Waals surface area contributed by atoms with Gasteiger partial charge in [-0.05, 0) is 37.0 Å². The number of ether oxygens (including phenoxy) is 1. The lowest BCUT2D eigenvalue weighted by Crippen LogP contribution is -2.59. The Kier molecular flexibility index (Phi) is 4.14. The highest BCUT2D eigenvalue weighted by atomic mass is 79.9. The van der Waals surface area contributed by atoms with Crippen LogP contribution in [0.5, 0.6) is 5.75 Å². The summed E-state index contributed by atoms with van der Waals surface area (Å²) < 4.78 is 6.58. The zero-order valence-corrected chi connectivity index (χ0v) is 13.1. The molecular weight excluding hydrogens is 336 g/mol. The Morgan fingerprint density at radius 1 is 1.33 bits per heavy atom. The molecule has 1 unspecified atom stereocenters. The van der Waals surface area contributed by atoms with Gasteiger partial charge >= 0.3 is 0 Å². The second kappa shape index (κ2) is 6.05. The Balaban J connectivity index is 1.54. The highest BCUT2D eigenvalue weighted by Crippen LogP contribution is 2.34. The van der Waals surface area contributed by atoms with Crippen LogP contribution in [0.1, 0.15) is 12.8 Å². The van der Waals surface area contributed by atoms with Crippen LogP contribution in [0.4, 0.5) is 0 Å². The van der Waals surface area contributed by atoms with Crippen LogP contribution in [-0.2, 0) is 9.59 Å². The van der Waals surface area contributed by atoms with E-state index >= 15 is 0 Å². The fraction of sp³-hybridized carbons (Fsp3) is 0.467. The van der Waals surface area contributed by atoms with E-state index in [2.05, 4.69) is 21.2 Å². The van der Waals surface area contributed by atoms with Crippen molar-refractivity contribution < 1.29 is 14.3 Å². The summed E-state index contributed by atoms with van der Waals surface area (Å²) in [5.74, 6) is 1.02. The minimum absolute atomic E-state index is 0.0231. The molecule has 1 aliphatic heterocycles. The molecule has 0 aromatic heterocycles. The van der Waals surface area contributed by atoms with E-state index in [0.29, 0.717) is 19.1 Å². The molecule has 0 spiro atoms. The number of rotatable bonds is 5. The molecular formula is C15H17BrN2O3. The molecule has 2 amide bonds. The number of benzene rings is 1. The maximum Gasteiger partial charge on any atom is 0.246 e. The van der Waals surface area contributed by atoms with E-state index in [-0.39, 0.29) is 24.4 Å². The first-order valence-corrected chi connectivity index (χ1v) is 7.89. The average Bonchev–Trinajstić information content (AvgIpc) is 3.27. The van der Waals surface area contributed by atoms with Crippen LogP contribution < -0.4 is 10.1 Å². The van der Waals surface area contributed by atoms with Gasteiger partial charge in [0.15, 0.2) is 0 Å². The molecule has 6 heteroatoms. The number of nitrogens with zero attached hydrogens (tertiary/aromatic N) is 1. The summed E-state index contributed by atoms with van der Waals surface area (Å²) in [7, 11) is 0. The largest absolute Gasteiger partial charge is 0.492 e. The van der Waals surface area contributed by atoms with Crippen LogP contribution in [0.15, 0.2) is 28.7 Å². The number of amides is 2. The Morgan fingerprint density at radius 2 is 2.14 bits per heavy atom.